The predicted molar refractivity (Wildman–Crippen MR) is 343 cm³/mol. The third-order valence-electron chi connectivity index (χ3n) is 19.4. The van der Waals surface area contributed by atoms with Crippen LogP contribution in [0.25, 0.3) is 111 Å². The minimum absolute atomic E-state index is 0.0114. The molecule has 0 N–H and O–H groups in total. The van der Waals surface area contributed by atoms with Gasteiger partial charge in [-0.3, -0.25) is 0 Å². The average Bonchev–Trinajstić information content (AvgIpc) is 1.57. The maximum Gasteiger partial charge on any atom is 0.139 e. The van der Waals surface area contributed by atoms with Crippen LogP contribution in [0.3, 0.4) is 0 Å². The third-order valence-corrected chi connectivity index (χ3v) is 19.4. The quantitative estimate of drug-likeness (QED) is 0.142. The topological polar surface area (TPSA) is 26.3 Å². The number of furan rings is 2. The number of para-hydroxylation sites is 4. The van der Waals surface area contributed by atoms with E-state index in [1.165, 1.54) is 134 Å². The van der Waals surface area contributed by atoms with Crippen molar-refractivity contribution in [3.05, 3.63) is 346 Å². The molecule has 2 heterocycles. The second-order valence-corrected chi connectivity index (χ2v) is 23.5. The Balaban J connectivity index is 0.871. The van der Waals surface area contributed by atoms with Gasteiger partial charge in [-0.1, -0.05) is 267 Å². The van der Waals surface area contributed by atoms with Crippen LogP contribution in [0.2, 0.25) is 0 Å². The Labute approximate surface area is 486 Å². The lowest BCUT2D eigenvalue weighted by Gasteiger charge is -2.27. The van der Waals surface area contributed by atoms with Crippen molar-refractivity contribution in [2.24, 2.45) is 0 Å². The summed E-state index contributed by atoms with van der Waals surface area (Å²) in [6.07, 6.45) is 0. The van der Waals surface area contributed by atoms with Crippen LogP contribution < -0.4 is 0 Å². The van der Waals surface area contributed by atoms with Crippen molar-refractivity contribution in [2.45, 2.75) is 23.7 Å². The van der Waals surface area contributed by atoms with E-state index < -0.39 is 0 Å². The molecule has 84 heavy (non-hydrogen) atoms. The first-order valence-corrected chi connectivity index (χ1v) is 29.5. The summed E-state index contributed by atoms with van der Waals surface area (Å²) >= 11 is 0. The predicted octanol–water partition coefficient (Wildman–Crippen LogP) is 21.5. The highest BCUT2D eigenvalue weighted by atomic mass is 16.3. The second-order valence-electron chi connectivity index (χ2n) is 23.5. The Morgan fingerprint density at radius 1 is 0.250 bits per heavy atom. The number of hydrogen-bond acceptors (Lipinski definition) is 2. The number of benzene rings is 13. The lowest BCUT2D eigenvalue weighted by atomic mass is 9.75. The number of hydrogen-bond donors (Lipinski definition) is 0. The molecule has 2 nitrogen and oxygen atoms in total. The highest BCUT2D eigenvalue weighted by molar-refractivity contribution is 6.13. The van der Waals surface area contributed by atoms with E-state index >= 15 is 0 Å². The molecule has 0 fully saturated rings. The van der Waals surface area contributed by atoms with E-state index in [4.69, 9.17) is 8.83 Å². The minimum Gasteiger partial charge on any atom is -0.456 e. The summed E-state index contributed by atoms with van der Waals surface area (Å²) in [5.74, 6) is -0.189. The molecule has 13 aromatic carbocycles. The maximum atomic E-state index is 6.86. The summed E-state index contributed by atoms with van der Waals surface area (Å²) in [5, 5.41) is 4.57. The van der Waals surface area contributed by atoms with E-state index in [1.807, 2.05) is 0 Å². The highest BCUT2D eigenvalue weighted by Crippen LogP contribution is 2.69. The normalized spacial score (nSPS) is 15.3. The lowest BCUT2D eigenvalue weighted by molar-refractivity contribution is 0.660. The van der Waals surface area contributed by atoms with E-state index in [-0.39, 0.29) is 23.7 Å². The van der Waals surface area contributed by atoms with Crippen LogP contribution in [0.5, 0.6) is 0 Å². The fourth-order valence-corrected chi connectivity index (χ4v) is 16.2. The molecule has 4 atom stereocenters. The van der Waals surface area contributed by atoms with Crippen LogP contribution in [0.1, 0.15) is 90.4 Å². The average molecular weight is 1070 g/mol. The number of rotatable bonds is 8. The monoisotopic (exact) mass is 1070 g/mol. The van der Waals surface area contributed by atoms with Gasteiger partial charge in [-0.15, -0.1) is 0 Å². The summed E-state index contributed by atoms with van der Waals surface area (Å²) in [6.45, 7) is 0. The number of fused-ring (bicyclic) bond motifs is 18. The van der Waals surface area contributed by atoms with E-state index in [2.05, 4.69) is 279 Å². The van der Waals surface area contributed by atoms with Gasteiger partial charge in [0, 0.05) is 56.3 Å². The maximum absolute atomic E-state index is 6.86. The zero-order chi connectivity index (χ0) is 54.7. The third kappa shape index (κ3) is 6.29. The standard InChI is InChI=1S/C82H50O2/c1-5-21-47(22-6-1)69(63-37-19-33-59-55-29-13-15-39-67(55)83-81(59)63)51-41-43-53-57-31-17-35-61-73(57)77(65(53)45-51)79-71(49-25-9-3-10-26-49)76-62-36-18-32-58-54-44-42-52(46-66(54)78(74(58)62)80(76)72(75(61)79)50-27-11-4-12-28-50)70(48-23-7-2-8-24-48)64-38-20-34-60-56-30-14-16-40-68(56)84-82(60)64/h1-46,69-70,77-78H. The van der Waals surface area contributed by atoms with Crippen molar-refractivity contribution in [3.8, 4) is 66.8 Å². The summed E-state index contributed by atoms with van der Waals surface area (Å²) in [6, 6.07) is 104. The first-order valence-electron chi connectivity index (χ1n) is 29.5. The first kappa shape index (κ1) is 46.1. The summed E-state index contributed by atoms with van der Waals surface area (Å²) in [5.41, 5.74) is 35.3. The lowest BCUT2D eigenvalue weighted by Crippen LogP contribution is -2.08. The molecule has 0 spiro atoms. The molecule has 19 rings (SSSR count). The fraction of sp³-hybridized carbons (Fsp3) is 0.0488. The van der Waals surface area contributed by atoms with E-state index in [0.717, 1.165) is 43.9 Å². The Bertz CT molecular complexity index is 4930. The van der Waals surface area contributed by atoms with E-state index in [0.29, 0.717) is 0 Å². The highest BCUT2D eigenvalue weighted by Gasteiger charge is 2.49. The molecule has 4 aliphatic carbocycles. The smallest absolute Gasteiger partial charge is 0.139 e. The van der Waals surface area contributed by atoms with Crippen molar-refractivity contribution >= 4 is 43.9 Å². The van der Waals surface area contributed by atoms with Crippen LogP contribution in [0, 0.1) is 0 Å². The SMILES string of the molecule is c1ccc(-c2c3c(c(-c4ccccc4)c4c2C2c5cc(C(c6ccccc6)c6cccc7c6oc6ccccc67)ccc5-c5cccc-4c52)C2c4cc(C(c5ccccc5)c5cccc6c5oc5ccccc56)ccc4-c4cccc-3c42)cc1. The summed E-state index contributed by atoms with van der Waals surface area (Å²) in [4.78, 5) is 0. The van der Waals surface area contributed by atoms with Crippen molar-refractivity contribution in [1.29, 1.82) is 0 Å². The van der Waals surface area contributed by atoms with Crippen molar-refractivity contribution in [1.82, 2.24) is 0 Å². The zero-order valence-electron chi connectivity index (χ0n) is 45.7. The Hall–Kier alpha value is -10.5. The van der Waals surface area contributed by atoms with Gasteiger partial charge in [0.05, 0.1) is 0 Å². The molecule has 2 heteroatoms. The van der Waals surface area contributed by atoms with Crippen LogP contribution in [0.4, 0.5) is 0 Å². The van der Waals surface area contributed by atoms with Gasteiger partial charge < -0.3 is 8.83 Å². The molecule has 0 saturated heterocycles. The van der Waals surface area contributed by atoms with Crippen molar-refractivity contribution in [3.63, 3.8) is 0 Å². The van der Waals surface area contributed by atoms with Crippen LogP contribution in [-0.2, 0) is 0 Å². The molecule has 0 radical (unpaired) electrons. The van der Waals surface area contributed by atoms with Crippen LogP contribution in [-0.4, -0.2) is 0 Å². The van der Waals surface area contributed by atoms with Gasteiger partial charge >= 0.3 is 0 Å². The van der Waals surface area contributed by atoms with Crippen LogP contribution in [0.15, 0.2) is 288 Å². The van der Waals surface area contributed by atoms with Crippen LogP contribution >= 0.6 is 0 Å². The van der Waals surface area contributed by atoms with Crippen molar-refractivity contribution < 1.29 is 8.83 Å². The van der Waals surface area contributed by atoms with Gasteiger partial charge in [-0.2, -0.15) is 0 Å². The minimum atomic E-state index is -0.0830. The molecule has 0 bridgehead atoms. The van der Waals surface area contributed by atoms with Gasteiger partial charge in [0.1, 0.15) is 22.3 Å². The fourth-order valence-electron chi connectivity index (χ4n) is 16.2. The molecular weight excluding hydrogens is 1020 g/mol. The van der Waals surface area contributed by atoms with E-state index in [1.54, 1.807) is 0 Å². The van der Waals surface area contributed by atoms with Gasteiger partial charge in [0.25, 0.3) is 0 Å². The molecule has 0 saturated carbocycles. The van der Waals surface area contributed by atoms with E-state index in [9.17, 15) is 0 Å². The molecular formula is C82H50O2. The molecule has 2 aromatic heterocycles. The van der Waals surface area contributed by atoms with Gasteiger partial charge in [-0.25, -0.2) is 0 Å². The van der Waals surface area contributed by atoms with Crippen molar-refractivity contribution in [2.75, 3.05) is 0 Å². The second kappa shape index (κ2) is 17.5. The Morgan fingerprint density at radius 2 is 0.619 bits per heavy atom. The summed E-state index contributed by atoms with van der Waals surface area (Å²) in [7, 11) is 0. The summed E-state index contributed by atoms with van der Waals surface area (Å²) < 4.78 is 13.7. The first-order chi connectivity index (χ1) is 41.7. The molecule has 4 unspecified atom stereocenters. The van der Waals surface area contributed by atoms with Gasteiger partial charge in [-0.05, 0) is 135 Å². The molecule has 390 valence electrons. The zero-order valence-corrected chi connectivity index (χ0v) is 45.7. The van der Waals surface area contributed by atoms with Gasteiger partial charge in [0.15, 0.2) is 0 Å². The van der Waals surface area contributed by atoms with Gasteiger partial charge in [0.2, 0.25) is 0 Å². The molecule has 0 amide bonds. The Kier molecular flexibility index (Phi) is 9.60. The largest absolute Gasteiger partial charge is 0.456 e. The Morgan fingerprint density at radius 3 is 1.06 bits per heavy atom. The molecule has 0 aliphatic heterocycles. The molecule has 4 aliphatic rings. The molecule has 15 aromatic rings.